The van der Waals surface area contributed by atoms with E-state index >= 15 is 0 Å². The van der Waals surface area contributed by atoms with E-state index in [1.807, 2.05) is 0 Å². The van der Waals surface area contributed by atoms with E-state index < -0.39 is 0 Å². The Morgan fingerprint density at radius 2 is 1.93 bits per heavy atom. The fraction of sp³-hybridized carbons (Fsp3) is 0.556. The van der Waals surface area contributed by atoms with E-state index in [1.165, 1.54) is 0 Å². The smallest absolute Gasteiger partial charge is 0.316 e. The average molecular weight is 214 g/mol. The minimum atomic E-state index is 0.234. The van der Waals surface area contributed by atoms with Gasteiger partial charge in [0.15, 0.2) is 0 Å². The Bertz CT molecular complexity index is 285. The fourth-order valence-electron chi connectivity index (χ4n) is 1.42. The Morgan fingerprint density at radius 3 is 2.57 bits per heavy atom. The summed E-state index contributed by atoms with van der Waals surface area (Å²) < 4.78 is 5.59. The van der Waals surface area contributed by atoms with Crippen LogP contribution in [0.25, 0.3) is 0 Å². The average Bonchev–Trinajstić information content (AvgIpc) is 2.23. The lowest BCUT2D eigenvalue weighted by molar-refractivity contribution is 0.149. The number of ether oxygens (including phenoxy) is 1. The van der Waals surface area contributed by atoms with Crippen molar-refractivity contribution in [1.29, 1.82) is 0 Å². The highest BCUT2D eigenvalue weighted by atomic mass is 35.5. The molecular weight excluding hydrogens is 202 g/mol. The Hall–Kier alpha value is -0.870. The van der Waals surface area contributed by atoms with Gasteiger partial charge in [0.1, 0.15) is 6.10 Å². The summed E-state index contributed by atoms with van der Waals surface area (Å²) >= 11 is 5.66. The number of rotatable bonds is 2. The Morgan fingerprint density at radius 1 is 1.29 bits per heavy atom. The van der Waals surface area contributed by atoms with E-state index in [1.54, 1.807) is 12.4 Å². The minimum Gasteiger partial charge on any atom is -0.460 e. The van der Waals surface area contributed by atoms with Gasteiger partial charge in [-0.3, -0.25) is 0 Å². The van der Waals surface area contributed by atoms with Crippen molar-refractivity contribution in [1.82, 2.24) is 15.3 Å². The maximum absolute atomic E-state index is 5.66. The van der Waals surface area contributed by atoms with Crippen LogP contribution < -0.4 is 10.1 Å². The highest BCUT2D eigenvalue weighted by molar-refractivity contribution is 6.30. The number of piperidine rings is 1. The lowest BCUT2D eigenvalue weighted by Crippen LogP contribution is -2.34. The molecule has 2 heterocycles. The molecule has 14 heavy (non-hydrogen) atoms. The second-order valence-electron chi connectivity index (χ2n) is 3.25. The molecule has 0 spiro atoms. The molecule has 1 saturated heterocycles. The van der Waals surface area contributed by atoms with Gasteiger partial charge in [-0.05, 0) is 25.9 Å². The quantitative estimate of drug-likeness (QED) is 0.804. The van der Waals surface area contributed by atoms with Gasteiger partial charge in [0, 0.05) is 0 Å². The molecule has 1 fully saturated rings. The standard InChI is InChI=1S/C9H12ClN3O/c10-7-5-12-9(13-6-7)14-8-1-3-11-4-2-8/h5-6,8,11H,1-4H2. The van der Waals surface area contributed by atoms with Crippen molar-refractivity contribution in [2.24, 2.45) is 0 Å². The van der Waals surface area contributed by atoms with Crippen molar-refractivity contribution in [3.63, 3.8) is 0 Å². The van der Waals surface area contributed by atoms with E-state index in [2.05, 4.69) is 15.3 Å². The third kappa shape index (κ3) is 2.56. The molecule has 5 heteroatoms. The van der Waals surface area contributed by atoms with Crippen LogP contribution in [-0.2, 0) is 0 Å². The summed E-state index contributed by atoms with van der Waals surface area (Å²) in [5, 5.41) is 3.80. The summed E-state index contributed by atoms with van der Waals surface area (Å²) in [6.45, 7) is 2.00. The molecule has 1 N–H and O–H groups in total. The van der Waals surface area contributed by atoms with Crippen LogP contribution in [0.1, 0.15) is 12.8 Å². The first-order valence-corrected chi connectivity index (χ1v) is 5.07. The SMILES string of the molecule is Clc1cnc(OC2CCNCC2)nc1. The second kappa shape index (κ2) is 4.57. The van der Waals surface area contributed by atoms with Crippen molar-refractivity contribution in [3.05, 3.63) is 17.4 Å². The first kappa shape index (κ1) is 9.68. The summed E-state index contributed by atoms with van der Waals surface area (Å²) in [4.78, 5) is 7.97. The maximum Gasteiger partial charge on any atom is 0.316 e. The second-order valence-corrected chi connectivity index (χ2v) is 3.69. The third-order valence-corrected chi connectivity index (χ3v) is 2.35. The van der Waals surface area contributed by atoms with Crippen LogP contribution >= 0.6 is 11.6 Å². The summed E-state index contributed by atoms with van der Waals surface area (Å²) in [5.74, 6) is 0. The van der Waals surface area contributed by atoms with Crippen molar-refractivity contribution >= 4 is 11.6 Å². The summed E-state index contributed by atoms with van der Waals surface area (Å²) in [5.41, 5.74) is 0. The molecule has 76 valence electrons. The van der Waals surface area contributed by atoms with Crippen LogP contribution in [0, 0.1) is 0 Å². The Kier molecular flexibility index (Phi) is 3.16. The van der Waals surface area contributed by atoms with E-state index in [-0.39, 0.29) is 6.10 Å². The molecule has 0 aliphatic carbocycles. The Labute approximate surface area is 87.7 Å². The minimum absolute atomic E-state index is 0.234. The molecule has 0 saturated carbocycles. The van der Waals surface area contributed by atoms with Crippen LogP contribution in [0.4, 0.5) is 0 Å². The van der Waals surface area contributed by atoms with Crippen LogP contribution in [0.3, 0.4) is 0 Å². The number of hydrogen-bond donors (Lipinski definition) is 1. The monoisotopic (exact) mass is 213 g/mol. The predicted molar refractivity (Wildman–Crippen MR) is 53.6 cm³/mol. The van der Waals surface area contributed by atoms with Gasteiger partial charge >= 0.3 is 6.01 Å². The topological polar surface area (TPSA) is 47.0 Å². The molecule has 1 aromatic heterocycles. The van der Waals surface area contributed by atoms with E-state index in [9.17, 15) is 0 Å². The molecule has 0 radical (unpaired) electrons. The summed E-state index contributed by atoms with van der Waals surface area (Å²) in [6, 6.07) is 0.418. The number of halogens is 1. The normalized spacial score (nSPS) is 18.1. The zero-order chi connectivity index (χ0) is 9.80. The highest BCUT2D eigenvalue weighted by Crippen LogP contribution is 2.12. The zero-order valence-electron chi connectivity index (χ0n) is 7.74. The Balaban J connectivity index is 1.92. The number of hydrogen-bond acceptors (Lipinski definition) is 4. The summed E-state index contributed by atoms with van der Waals surface area (Å²) in [6.07, 6.45) is 5.34. The molecule has 0 unspecified atom stereocenters. The van der Waals surface area contributed by atoms with E-state index in [4.69, 9.17) is 16.3 Å². The molecule has 0 aromatic carbocycles. The van der Waals surface area contributed by atoms with Crippen molar-refractivity contribution in [2.45, 2.75) is 18.9 Å². The van der Waals surface area contributed by atoms with E-state index in [0.717, 1.165) is 25.9 Å². The van der Waals surface area contributed by atoms with Crippen molar-refractivity contribution in [3.8, 4) is 6.01 Å². The predicted octanol–water partition coefficient (Wildman–Crippen LogP) is 1.26. The van der Waals surface area contributed by atoms with Crippen LogP contribution in [0.2, 0.25) is 5.02 Å². The fourth-order valence-corrected chi connectivity index (χ4v) is 1.52. The molecule has 0 bridgehead atoms. The zero-order valence-corrected chi connectivity index (χ0v) is 8.50. The first-order chi connectivity index (χ1) is 6.84. The van der Waals surface area contributed by atoms with Gasteiger partial charge in [0.2, 0.25) is 0 Å². The molecular formula is C9H12ClN3O. The van der Waals surface area contributed by atoms with Gasteiger partial charge in [-0.2, -0.15) is 0 Å². The maximum atomic E-state index is 5.66. The lowest BCUT2D eigenvalue weighted by atomic mass is 10.1. The van der Waals surface area contributed by atoms with Crippen molar-refractivity contribution in [2.75, 3.05) is 13.1 Å². The van der Waals surface area contributed by atoms with Crippen molar-refractivity contribution < 1.29 is 4.74 Å². The van der Waals surface area contributed by atoms with Gasteiger partial charge in [-0.15, -0.1) is 0 Å². The lowest BCUT2D eigenvalue weighted by Gasteiger charge is -2.22. The molecule has 4 nitrogen and oxygen atoms in total. The molecule has 0 atom stereocenters. The van der Waals surface area contributed by atoms with Gasteiger partial charge < -0.3 is 10.1 Å². The highest BCUT2D eigenvalue weighted by Gasteiger charge is 2.15. The molecule has 1 aliphatic rings. The van der Waals surface area contributed by atoms with Crippen LogP contribution in [0.15, 0.2) is 12.4 Å². The largest absolute Gasteiger partial charge is 0.460 e. The number of nitrogens with zero attached hydrogens (tertiary/aromatic N) is 2. The van der Waals surface area contributed by atoms with Crippen LogP contribution in [-0.4, -0.2) is 29.2 Å². The molecule has 1 aromatic rings. The third-order valence-electron chi connectivity index (χ3n) is 2.15. The van der Waals surface area contributed by atoms with Gasteiger partial charge in [0.05, 0.1) is 17.4 Å². The molecule has 0 amide bonds. The van der Waals surface area contributed by atoms with Crippen LogP contribution in [0.5, 0.6) is 6.01 Å². The van der Waals surface area contributed by atoms with E-state index in [0.29, 0.717) is 11.0 Å². The number of nitrogens with one attached hydrogen (secondary N) is 1. The van der Waals surface area contributed by atoms with Gasteiger partial charge in [-0.1, -0.05) is 11.6 Å². The summed E-state index contributed by atoms with van der Waals surface area (Å²) in [7, 11) is 0. The first-order valence-electron chi connectivity index (χ1n) is 4.69. The van der Waals surface area contributed by atoms with Gasteiger partial charge in [0.25, 0.3) is 0 Å². The molecule has 2 rings (SSSR count). The molecule has 1 aliphatic heterocycles. The van der Waals surface area contributed by atoms with Gasteiger partial charge in [-0.25, -0.2) is 9.97 Å². The number of aromatic nitrogens is 2.